The number of β-amino-alcohol motifs (C(OH)–C–C–N with tert-alkyl or cyclic N) is 1. The first-order valence-corrected chi connectivity index (χ1v) is 24.7. The monoisotopic (exact) mass is 986 g/mol. The van der Waals surface area contributed by atoms with Crippen molar-refractivity contribution in [1.82, 2.24) is 35.3 Å². The zero-order valence-corrected chi connectivity index (χ0v) is 42.0. The van der Waals surface area contributed by atoms with E-state index in [0.717, 1.165) is 54.0 Å². The Morgan fingerprint density at radius 3 is 2.32 bits per heavy atom. The molecule has 19 heteroatoms. The number of esters is 1. The Bertz CT molecular complexity index is 2640. The Kier molecular flexibility index (Phi) is 16.3. The molecule has 5 heterocycles. The van der Waals surface area contributed by atoms with Gasteiger partial charge >= 0.3 is 5.97 Å². The summed E-state index contributed by atoms with van der Waals surface area (Å²) in [5.74, 6) is -0.547. The van der Waals surface area contributed by atoms with Crippen molar-refractivity contribution in [2.45, 2.75) is 105 Å². The fourth-order valence-corrected chi connectivity index (χ4v) is 10.5. The number of aryl methyl sites for hydroxylation is 3. The molecule has 2 aliphatic heterocycles. The molecule has 0 aliphatic carbocycles. The fraction of sp³-hybridized carbons (Fsp3) is 0.469. The standard InChI is InChI=1S/C49H59ClN8O8S2/c1-27-30(4)68-48-41(27)42(33-14-16-35(50)17-15-33)53-37(45-56-55-31(5)58(45)48)23-40(61)66-21-20-64-18-9-19-65-25-39(60)54-44(49(6,7)8)47(63)57-24-36(59)22-38(57)46(62)52-28(2)32-10-12-34(13-11-32)43-29(3)51-26-67-43/h10-17,26,28,36-38,44,59H,9,18-25H2,1-8H3,(H,52,62)(H,54,60)/t28-,36+,37-,38-,44+/m0/s1. The van der Waals surface area contributed by atoms with E-state index < -0.39 is 47.4 Å². The van der Waals surface area contributed by atoms with Crippen LogP contribution in [0, 0.1) is 33.1 Å². The topological polar surface area (TPSA) is 199 Å². The summed E-state index contributed by atoms with van der Waals surface area (Å²) >= 11 is 9.43. The van der Waals surface area contributed by atoms with E-state index in [9.17, 15) is 24.3 Å². The summed E-state index contributed by atoms with van der Waals surface area (Å²) in [7, 11) is 0. The van der Waals surface area contributed by atoms with Crippen LogP contribution in [0.25, 0.3) is 15.4 Å². The number of aliphatic hydroxyl groups excluding tert-OH is 1. The highest BCUT2D eigenvalue weighted by molar-refractivity contribution is 7.15. The smallest absolute Gasteiger partial charge is 0.308 e. The molecule has 362 valence electrons. The number of hydrogen-bond donors (Lipinski definition) is 3. The Labute approximate surface area is 409 Å². The van der Waals surface area contributed by atoms with E-state index in [1.807, 2.05) is 100 Å². The van der Waals surface area contributed by atoms with Crippen LogP contribution < -0.4 is 10.6 Å². The number of likely N-dealkylation sites (tertiary alicyclic amines) is 1. The molecule has 3 N–H and O–H groups in total. The molecule has 5 aromatic rings. The SMILES string of the molecule is Cc1ncsc1-c1ccc([C@H](C)NC(=O)[C@@H]2C[C@@H](O)CN2C(=O)[C@@H](NC(=O)COCCCOCCOC(=O)C[C@@H]2N=C(c3ccc(Cl)cc3)c3c(sc(C)c3C)-n3c(C)nnc32)C(C)(C)C)cc1. The lowest BCUT2D eigenvalue weighted by Crippen LogP contribution is -2.58. The van der Waals surface area contributed by atoms with Gasteiger partial charge in [-0.3, -0.25) is 28.7 Å². The first-order valence-electron chi connectivity index (χ1n) is 22.7. The number of benzene rings is 2. The number of nitrogens with zero attached hydrogens (tertiary/aromatic N) is 6. The summed E-state index contributed by atoms with van der Waals surface area (Å²) in [5, 5.41) is 26.8. The number of aliphatic hydroxyl groups is 1. The number of thiazole rings is 1. The molecule has 0 radical (unpaired) electrons. The number of amides is 3. The molecule has 0 spiro atoms. The Morgan fingerprint density at radius 2 is 1.63 bits per heavy atom. The van der Waals surface area contributed by atoms with Crippen molar-refractivity contribution in [2.24, 2.45) is 10.4 Å². The van der Waals surface area contributed by atoms with Gasteiger partial charge in [-0.05, 0) is 75.3 Å². The maximum absolute atomic E-state index is 14.1. The predicted molar refractivity (Wildman–Crippen MR) is 261 cm³/mol. The minimum atomic E-state index is -0.991. The van der Waals surface area contributed by atoms with Gasteiger partial charge in [-0.1, -0.05) is 68.8 Å². The molecule has 68 heavy (non-hydrogen) atoms. The quantitative estimate of drug-likeness (QED) is 0.0606. The highest BCUT2D eigenvalue weighted by atomic mass is 35.5. The molecule has 0 unspecified atom stereocenters. The van der Waals surface area contributed by atoms with Gasteiger partial charge in [0.25, 0.3) is 0 Å². The number of thiophene rings is 1. The summed E-state index contributed by atoms with van der Waals surface area (Å²) in [6.45, 7) is 15.7. The van der Waals surface area contributed by atoms with Crippen LogP contribution in [-0.4, -0.2) is 117 Å². The first kappa shape index (κ1) is 50.5. The summed E-state index contributed by atoms with van der Waals surface area (Å²) < 4.78 is 18.8. The van der Waals surface area contributed by atoms with Crippen LogP contribution in [0.3, 0.4) is 0 Å². The van der Waals surface area contributed by atoms with Crippen LogP contribution in [0.1, 0.15) is 104 Å². The Hall–Kier alpha value is -5.37. The molecule has 1 saturated heterocycles. The normalized spacial score (nSPS) is 17.7. The van der Waals surface area contributed by atoms with Crippen LogP contribution in [-0.2, 0) is 33.4 Å². The van der Waals surface area contributed by atoms with E-state index in [0.29, 0.717) is 29.7 Å². The molecule has 0 bridgehead atoms. The number of ether oxygens (including phenoxy) is 3. The third-order valence-electron chi connectivity index (χ3n) is 12.1. The number of nitrogens with one attached hydrogen (secondary N) is 2. The number of aliphatic imine (C=N–C) groups is 1. The second-order valence-corrected chi connectivity index (χ2v) is 20.7. The van der Waals surface area contributed by atoms with Crippen LogP contribution in [0.2, 0.25) is 5.02 Å². The summed E-state index contributed by atoms with van der Waals surface area (Å²) in [4.78, 5) is 67.1. The van der Waals surface area contributed by atoms with Crippen molar-refractivity contribution in [3.05, 3.63) is 104 Å². The fourth-order valence-electron chi connectivity index (χ4n) is 8.31. The van der Waals surface area contributed by atoms with Crippen LogP contribution >= 0.6 is 34.3 Å². The number of carbonyl (C=O) groups is 4. The lowest BCUT2D eigenvalue weighted by molar-refractivity contribution is -0.145. The third-order valence-corrected chi connectivity index (χ3v) is 14.5. The van der Waals surface area contributed by atoms with Crippen molar-refractivity contribution < 1.29 is 38.5 Å². The molecule has 3 amide bonds. The molecule has 1 fully saturated rings. The van der Waals surface area contributed by atoms with Crippen molar-refractivity contribution in [1.29, 1.82) is 0 Å². The summed E-state index contributed by atoms with van der Waals surface area (Å²) in [6.07, 6.45) is -0.411. The molecular formula is C49H59ClN8O8S2. The molecular weight excluding hydrogens is 928 g/mol. The Morgan fingerprint density at radius 1 is 0.926 bits per heavy atom. The van der Waals surface area contributed by atoms with Crippen LogP contribution in [0.5, 0.6) is 0 Å². The number of rotatable bonds is 18. The largest absolute Gasteiger partial charge is 0.463 e. The highest BCUT2D eigenvalue weighted by Gasteiger charge is 2.45. The lowest BCUT2D eigenvalue weighted by atomic mass is 9.85. The van der Waals surface area contributed by atoms with E-state index in [1.165, 1.54) is 4.90 Å². The van der Waals surface area contributed by atoms with Gasteiger partial charge in [0, 0.05) is 47.2 Å². The molecule has 2 aliphatic rings. The van der Waals surface area contributed by atoms with Gasteiger partial charge in [0.15, 0.2) is 5.82 Å². The van der Waals surface area contributed by atoms with Gasteiger partial charge in [-0.15, -0.1) is 32.9 Å². The lowest BCUT2D eigenvalue weighted by Gasteiger charge is -2.35. The molecule has 7 rings (SSSR count). The van der Waals surface area contributed by atoms with E-state index in [4.69, 9.17) is 30.8 Å². The number of halogens is 1. The zero-order valence-electron chi connectivity index (χ0n) is 39.6. The molecule has 0 saturated carbocycles. The van der Waals surface area contributed by atoms with E-state index >= 15 is 0 Å². The second kappa shape index (κ2) is 21.9. The maximum atomic E-state index is 14.1. The molecule has 16 nitrogen and oxygen atoms in total. The number of carbonyl (C=O) groups excluding carboxylic acids is 4. The summed E-state index contributed by atoms with van der Waals surface area (Å²) in [6, 6.07) is 12.5. The van der Waals surface area contributed by atoms with Crippen molar-refractivity contribution in [3.8, 4) is 15.4 Å². The average Bonchev–Trinajstić information content (AvgIpc) is 4.07. The number of fused-ring (bicyclic) bond motifs is 3. The van der Waals surface area contributed by atoms with Gasteiger partial charge in [0.1, 0.15) is 42.2 Å². The van der Waals surface area contributed by atoms with Crippen LogP contribution in [0.4, 0.5) is 0 Å². The van der Waals surface area contributed by atoms with Gasteiger partial charge < -0.3 is 34.9 Å². The maximum Gasteiger partial charge on any atom is 0.308 e. The van der Waals surface area contributed by atoms with Crippen LogP contribution in [0.15, 0.2) is 59.0 Å². The predicted octanol–water partition coefficient (Wildman–Crippen LogP) is 6.96. The minimum absolute atomic E-state index is 0.0276. The first-order chi connectivity index (χ1) is 32.4. The summed E-state index contributed by atoms with van der Waals surface area (Å²) in [5.41, 5.74) is 7.66. The van der Waals surface area contributed by atoms with Crippen molar-refractivity contribution in [3.63, 3.8) is 0 Å². The van der Waals surface area contributed by atoms with Gasteiger partial charge in [-0.25, -0.2) is 4.98 Å². The van der Waals surface area contributed by atoms with Crippen molar-refractivity contribution in [2.75, 3.05) is 39.6 Å². The zero-order chi connectivity index (χ0) is 48.9. The molecule has 3 aromatic heterocycles. The van der Waals surface area contributed by atoms with Gasteiger partial charge in [0.05, 0.1) is 47.0 Å². The number of aromatic nitrogens is 4. The highest BCUT2D eigenvalue weighted by Crippen LogP contribution is 2.40. The minimum Gasteiger partial charge on any atom is -0.463 e. The number of hydrogen-bond acceptors (Lipinski definition) is 14. The van der Waals surface area contributed by atoms with Gasteiger partial charge in [0.2, 0.25) is 17.7 Å². The van der Waals surface area contributed by atoms with E-state index in [2.05, 4.69) is 39.7 Å². The van der Waals surface area contributed by atoms with Gasteiger partial charge in [-0.2, -0.15) is 0 Å². The average molecular weight is 988 g/mol. The van der Waals surface area contributed by atoms with E-state index in [1.54, 1.807) is 22.7 Å². The Balaban J connectivity index is 0.840. The van der Waals surface area contributed by atoms with Crippen molar-refractivity contribution >= 4 is 63.7 Å². The second-order valence-electron chi connectivity index (χ2n) is 18.2. The molecule has 2 aromatic carbocycles. The third kappa shape index (κ3) is 11.7. The van der Waals surface area contributed by atoms with E-state index in [-0.39, 0.29) is 57.8 Å². The molecule has 5 atom stereocenters.